The van der Waals surface area contributed by atoms with Gasteiger partial charge in [0, 0.05) is 19.6 Å². The summed E-state index contributed by atoms with van der Waals surface area (Å²) < 4.78 is 76.6. The van der Waals surface area contributed by atoms with E-state index in [4.69, 9.17) is 87.5 Å². The second-order valence-corrected chi connectivity index (χ2v) is 37.9. The van der Waals surface area contributed by atoms with Gasteiger partial charge in [0.1, 0.15) is 106 Å². The third-order valence-electron chi connectivity index (χ3n) is 19.6. The number of nitrogens with one attached hydrogen (secondary N) is 3. The fraction of sp³-hybridized carbons (Fsp3) is 0.538. The number of carbonyl (C=O) groups excluding carboxylic acids is 5. The molecular weight excluding hydrogens is 2010 g/mol. The van der Waals surface area contributed by atoms with Crippen molar-refractivity contribution in [2.45, 2.75) is 339 Å². The summed E-state index contributed by atoms with van der Waals surface area (Å²) in [5.74, 6) is 10.0. The van der Waals surface area contributed by atoms with E-state index in [0.29, 0.717) is 44.0 Å². The number of benzene rings is 7. The molecule has 32 nitrogen and oxygen atoms in total. The standard InChI is InChI=1S/C25H33NO5.2C18H29NO4.C13H21NO2.C13H17NO2.C10H13IO2.C4H8O3S.C4H10O2.CH2O3.2K.H/c1-18(19(2)30-23(27)21-13-7-6-8-14-21)29-22-16-10-9-12-20(22)15-11-17-26-24(28)31-25(3,4)5;2*1-13(20)14(2)22-16-11-7-6-9-15(16)10-8-12-19-17(21)23-18(3,4)5;2*1-10(15)11(2)16-13-8-4-3-6-12(13)7-5-9-14;1-7(12)8(2)13-10-6-4-3-5-9(10)11;1-3-4(2)7-8(5)6-3;1-3(5)4(2)6;2-1-4-3;;;/h6-10,12-14,16,18-19H,11,15,17H2,1-5H3,(H,26,28);2*6-7,9,11,13-14,20H,8,10,12H2,1-5H3,(H,19,21);3-4,6,8,10-11,15H,5,7,9,14H2,1-2H3;3-4,6,8,10-11,15H,9,14H2,1-2H3;3-8,12H,1-2H3;3-4H,1-2H3;3-6H,1-2H3;1,3H;;;/q;;;;;;;;;2*+1;-1/p-1/t18-,19-;13-,14+;13-,14-;2*10-,11+;7-,8+;2*3-,4-;;;;/m10100000..../s1. The van der Waals surface area contributed by atoms with Crippen LogP contribution in [0.3, 0.4) is 0 Å². The molecule has 0 spiro atoms. The molecule has 788 valence electrons. The monoisotopic (exact) mass is 2170 g/mol. The van der Waals surface area contributed by atoms with Crippen molar-refractivity contribution < 1.29 is 234 Å². The molecule has 1 heterocycles. The van der Waals surface area contributed by atoms with Crippen LogP contribution in [0.5, 0.6) is 34.5 Å². The summed E-state index contributed by atoms with van der Waals surface area (Å²) in [7, 11) is 0. The first-order chi connectivity index (χ1) is 65.7. The van der Waals surface area contributed by atoms with Crippen molar-refractivity contribution in [2.24, 2.45) is 11.5 Å². The van der Waals surface area contributed by atoms with E-state index in [2.05, 4.69) is 55.3 Å². The zero-order chi connectivity index (χ0) is 106. The molecule has 3 amide bonds. The second-order valence-electron chi connectivity index (χ2n) is 36.0. The Morgan fingerprint density at radius 3 is 0.958 bits per heavy atom. The number of hydrogen-bond acceptors (Lipinski definition) is 29. The maximum Gasteiger partial charge on any atom is 1.00 e. The summed E-state index contributed by atoms with van der Waals surface area (Å²) in [6.45, 7) is 47.1. The molecule has 1 saturated heterocycles. The number of aryl methyl sites for hydroxylation is 4. The minimum atomic E-state index is -1.48. The Balaban J connectivity index is -0.000000791. The van der Waals surface area contributed by atoms with Gasteiger partial charge < -0.3 is 122 Å². The summed E-state index contributed by atoms with van der Waals surface area (Å²) in [5.41, 5.74) is 14.9. The first-order valence-electron chi connectivity index (χ1n) is 47.1. The van der Waals surface area contributed by atoms with Crippen LogP contribution in [0.15, 0.2) is 176 Å². The van der Waals surface area contributed by atoms with Crippen LogP contribution < -0.4 is 164 Å². The fourth-order valence-corrected chi connectivity index (χ4v) is 11.8. The van der Waals surface area contributed by atoms with Crippen LogP contribution in [0.2, 0.25) is 0 Å². The Hall–Kier alpha value is -6.68. The molecule has 1 aliphatic heterocycles. The molecule has 16 atom stereocenters. The molecule has 0 aliphatic carbocycles. The Kier molecular flexibility index (Phi) is 77.2. The van der Waals surface area contributed by atoms with Crippen LogP contribution in [0.1, 0.15) is 238 Å². The van der Waals surface area contributed by atoms with E-state index >= 15 is 0 Å². The van der Waals surface area contributed by atoms with E-state index in [-0.39, 0.29) is 165 Å². The number of aliphatic hydroxyl groups excluding tert-OH is 7. The molecule has 142 heavy (non-hydrogen) atoms. The number of aliphatic hydroxyl groups is 7. The predicted octanol–water partition coefficient (Wildman–Crippen LogP) is 9.74. The van der Waals surface area contributed by atoms with Gasteiger partial charge in [-0.25, -0.2) is 19.2 Å². The molecule has 8 rings (SSSR count). The minimum Gasteiger partial charge on any atom is -1.00 e. The van der Waals surface area contributed by atoms with E-state index in [1.165, 1.54) is 0 Å². The third kappa shape index (κ3) is 68.7. The number of carbonyl (C=O) groups is 5. The Morgan fingerprint density at radius 2 is 0.683 bits per heavy atom. The Labute approximate surface area is 946 Å². The van der Waals surface area contributed by atoms with Gasteiger partial charge in [0.05, 0.1) is 64.0 Å². The van der Waals surface area contributed by atoms with Crippen molar-refractivity contribution in [3.05, 3.63) is 213 Å². The minimum absolute atomic E-state index is 0. The van der Waals surface area contributed by atoms with Gasteiger partial charge in [-0.1, -0.05) is 127 Å². The summed E-state index contributed by atoms with van der Waals surface area (Å²) in [5, 5.41) is 80.6. The summed E-state index contributed by atoms with van der Waals surface area (Å²) in [6.07, 6.45) is -0.418. The Bertz CT molecular complexity index is 4530. The van der Waals surface area contributed by atoms with Crippen molar-refractivity contribution in [1.29, 1.82) is 0 Å². The SMILES string of the molecule is C[C@@H](O)[C@@H](C)Oc1ccccc1CCCNC(=O)OC(C)(C)C.C[C@@H](OC(=O)c1ccccc1)[C@@H](C)Oc1ccccc1CCCNC(=O)OC(C)(C)C.C[C@@H]1OS(=O)O[C@H]1C.C[C@H](O)[C@@H](C)Oc1ccccc1C#CCN.C[C@H](O)[C@@H](C)Oc1ccccc1CCCN.C[C@H](O)[C@@H](C)Oc1ccccc1CCCNC(=O)OC(C)(C)C.C[C@H](O)[C@@H](C)Oc1ccccc1I.C[C@H](O)[C@H](C)O.O=CO[O-].[H-].[K+].[K+]. The molecule has 7 aromatic carbocycles. The maximum absolute atomic E-state index is 12.3. The number of amides is 3. The van der Waals surface area contributed by atoms with Crippen molar-refractivity contribution >= 4 is 64.7 Å². The molecule has 7 aromatic rings. The summed E-state index contributed by atoms with van der Waals surface area (Å²) >= 11 is 0.727. The molecule has 0 aromatic heterocycles. The van der Waals surface area contributed by atoms with Crippen molar-refractivity contribution in [3.8, 4) is 46.3 Å². The van der Waals surface area contributed by atoms with Gasteiger partial charge >= 0.3 is 138 Å². The van der Waals surface area contributed by atoms with Gasteiger partial charge in [-0.3, -0.25) is 13.2 Å². The smallest absolute Gasteiger partial charge is 1.00 e. The van der Waals surface area contributed by atoms with Gasteiger partial charge in [-0.2, -0.15) is 4.21 Å². The summed E-state index contributed by atoms with van der Waals surface area (Å²) in [6, 6.07) is 55.3. The average molecular weight is 2180 g/mol. The molecule has 0 saturated carbocycles. The zero-order valence-corrected chi connectivity index (χ0v) is 97.7. The van der Waals surface area contributed by atoms with E-state index in [1.54, 1.807) is 72.7 Å². The largest absolute Gasteiger partial charge is 1.00 e. The number of rotatable bonds is 37. The Morgan fingerprint density at radius 1 is 0.415 bits per heavy atom. The van der Waals surface area contributed by atoms with E-state index in [0.717, 1.165) is 112 Å². The van der Waals surface area contributed by atoms with Crippen LogP contribution >= 0.6 is 22.6 Å². The molecule has 0 radical (unpaired) electrons. The van der Waals surface area contributed by atoms with Crippen molar-refractivity contribution in [3.63, 3.8) is 0 Å². The molecule has 0 bridgehead atoms. The average Bonchev–Trinajstić information content (AvgIpc) is 1.65. The number of para-hydroxylation sites is 6. The fourth-order valence-electron chi connectivity index (χ4n) is 10.4. The zero-order valence-electron chi connectivity index (χ0n) is 89.5. The van der Waals surface area contributed by atoms with Crippen LogP contribution in [0.4, 0.5) is 14.4 Å². The van der Waals surface area contributed by atoms with Gasteiger partial charge in [-0.15, -0.1) is 0 Å². The van der Waals surface area contributed by atoms with E-state index in [1.807, 2.05) is 276 Å². The molecular formula is C106H162IK2N5O27S. The predicted molar refractivity (Wildman–Crippen MR) is 553 cm³/mol. The van der Waals surface area contributed by atoms with Crippen LogP contribution in [0, 0.1) is 15.4 Å². The first kappa shape index (κ1) is 139. The number of alkyl carbamates (subject to hydrolysis) is 3. The number of halogens is 1. The third-order valence-corrected chi connectivity index (χ3v) is 21.4. The van der Waals surface area contributed by atoms with E-state index < -0.39 is 95.3 Å². The first-order valence-corrected chi connectivity index (χ1v) is 49.2. The number of hydrogen-bond donors (Lipinski definition) is 12. The quantitative estimate of drug-likeness (QED) is 0.00198. The maximum atomic E-state index is 12.3. The normalized spacial score (nSPS) is 15.2. The second kappa shape index (κ2) is 78.6. The van der Waals surface area contributed by atoms with Crippen molar-refractivity contribution in [1.82, 2.24) is 16.0 Å². The van der Waals surface area contributed by atoms with Crippen LogP contribution in [-0.2, 0) is 74.0 Å². The van der Waals surface area contributed by atoms with Gasteiger partial charge in [0.15, 0.2) is 0 Å². The van der Waals surface area contributed by atoms with Crippen molar-refractivity contribution in [2.75, 3.05) is 32.7 Å². The topological polar surface area (TPSA) is 475 Å². The van der Waals surface area contributed by atoms with Gasteiger partial charge in [0.25, 0.3) is 6.47 Å². The number of esters is 1. The molecule has 36 heteroatoms. The van der Waals surface area contributed by atoms with E-state index in [9.17, 15) is 48.9 Å². The summed E-state index contributed by atoms with van der Waals surface area (Å²) in [4.78, 5) is 58.4. The van der Waals surface area contributed by atoms with Crippen LogP contribution in [0.25, 0.3) is 0 Å². The van der Waals surface area contributed by atoms with Gasteiger partial charge in [-0.05, 0) is 337 Å². The molecule has 1 aliphatic rings. The molecule has 14 N–H and O–H groups in total. The molecule has 1 fully saturated rings. The van der Waals surface area contributed by atoms with Crippen LogP contribution in [-0.4, -0.2) is 218 Å². The van der Waals surface area contributed by atoms with Gasteiger partial charge in [0.2, 0.25) is 0 Å². The molecule has 0 unspecified atom stereocenters. The number of nitrogens with two attached hydrogens (primary N) is 2. The number of ether oxygens (including phenoxy) is 10.